The van der Waals surface area contributed by atoms with Crippen LogP contribution in [0.2, 0.25) is 5.02 Å². The van der Waals surface area contributed by atoms with Crippen LogP contribution in [0.25, 0.3) is 6.08 Å². The Kier molecular flexibility index (Phi) is 5.79. The van der Waals surface area contributed by atoms with Crippen molar-refractivity contribution in [2.45, 2.75) is 26.2 Å². The van der Waals surface area contributed by atoms with Crippen molar-refractivity contribution in [3.63, 3.8) is 0 Å². The first kappa shape index (κ1) is 18.7. The first-order valence-corrected chi connectivity index (χ1v) is 9.79. The molecule has 2 N–H and O–H groups in total. The predicted molar refractivity (Wildman–Crippen MR) is 108 cm³/mol. The van der Waals surface area contributed by atoms with Crippen LogP contribution >= 0.6 is 22.9 Å². The summed E-state index contributed by atoms with van der Waals surface area (Å²) in [5.41, 5.74) is 2.46. The van der Waals surface area contributed by atoms with E-state index >= 15 is 0 Å². The van der Waals surface area contributed by atoms with E-state index in [-0.39, 0.29) is 11.8 Å². The minimum atomic E-state index is -0.276. The fraction of sp³-hybridized carbons (Fsp3) is 0.300. The van der Waals surface area contributed by atoms with E-state index in [2.05, 4.69) is 17.6 Å². The standard InChI is InChI=1S/C20H21ClN2O2S/c1-12-7-9-14-16(11-12)26-20(18(14)19(25)22-2)23-17(24)10-8-13-5-3-4-6-15(13)21/h3-6,8,10,12H,7,9,11H2,1-2H3,(H,22,25)(H,23,24)/b10-8+/t12-/m1/s1. The third-order valence-corrected chi connectivity index (χ3v) is 6.04. The maximum atomic E-state index is 12.4. The number of fused-ring (bicyclic) bond motifs is 1. The van der Waals surface area contributed by atoms with Crippen LogP contribution in [-0.2, 0) is 17.6 Å². The van der Waals surface area contributed by atoms with Crippen molar-refractivity contribution in [1.29, 1.82) is 0 Å². The second-order valence-corrected chi connectivity index (χ2v) is 7.99. The van der Waals surface area contributed by atoms with Gasteiger partial charge in [0.15, 0.2) is 0 Å². The van der Waals surface area contributed by atoms with Crippen LogP contribution in [0, 0.1) is 5.92 Å². The number of halogens is 1. The lowest BCUT2D eigenvalue weighted by molar-refractivity contribution is -0.111. The molecule has 0 fully saturated rings. The smallest absolute Gasteiger partial charge is 0.254 e. The molecule has 1 aliphatic rings. The lowest BCUT2D eigenvalue weighted by atomic mass is 9.88. The third kappa shape index (κ3) is 4.00. The van der Waals surface area contributed by atoms with Gasteiger partial charge in [-0.2, -0.15) is 0 Å². The summed E-state index contributed by atoms with van der Waals surface area (Å²) in [6.07, 6.45) is 6.01. The highest BCUT2D eigenvalue weighted by Crippen LogP contribution is 2.39. The molecule has 1 aromatic carbocycles. The summed E-state index contributed by atoms with van der Waals surface area (Å²) in [4.78, 5) is 25.9. The monoisotopic (exact) mass is 388 g/mol. The molecule has 0 saturated carbocycles. The summed E-state index contributed by atoms with van der Waals surface area (Å²) in [6, 6.07) is 7.32. The Balaban J connectivity index is 1.84. The van der Waals surface area contributed by atoms with Gasteiger partial charge in [0.05, 0.1) is 5.56 Å². The van der Waals surface area contributed by atoms with Gasteiger partial charge in [0.25, 0.3) is 5.91 Å². The molecule has 1 atom stereocenters. The SMILES string of the molecule is CNC(=O)c1c(NC(=O)/C=C/c2ccccc2Cl)sc2c1CC[C@@H](C)C2. The average Bonchev–Trinajstić information content (AvgIpc) is 2.97. The molecule has 136 valence electrons. The second-order valence-electron chi connectivity index (χ2n) is 6.48. The van der Waals surface area contributed by atoms with Crippen LogP contribution in [0.3, 0.4) is 0 Å². The molecule has 2 amide bonds. The predicted octanol–water partition coefficient (Wildman–Crippen LogP) is 4.54. The highest BCUT2D eigenvalue weighted by atomic mass is 35.5. The number of anilines is 1. The molecule has 1 aliphatic carbocycles. The highest BCUT2D eigenvalue weighted by Gasteiger charge is 2.27. The topological polar surface area (TPSA) is 58.2 Å². The summed E-state index contributed by atoms with van der Waals surface area (Å²) in [5, 5.41) is 6.77. The molecular formula is C20H21ClN2O2S. The van der Waals surface area contributed by atoms with Crippen LogP contribution < -0.4 is 10.6 Å². The van der Waals surface area contributed by atoms with E-state index in [0.717, 1.165) is 30.4 Å². The van der Waals surface area contributed by atoms with Crippen molar-refractivity contribution in [2.24, 2.45) is 5.92 Å². The fourth-order valence-electron chi connectivity index (χ4n) is 3.13. The molecule has 0 bridgehead atoms. The van der Waals surface area contributed by atoms with Crippen molar-refractivity contribution >= 4 is 45.8 Å². The largest absolute Gasteiger partial charge is 0.355 e. The van der Waals surface area contributed by atoms with Crippen LogP contribution in [0.4, 0.5) is 5.00 Å². The van der Waals surface area contributed by atoms with Gasteiger partial charge in [-0.25, -0.2) is 0 Å². The van der Waals surface area contributed by atoms with E-state index in [4.69, 9.17) is 11.6 Å². The Morgan fingerprint density at radius 2 is 2.08 bits per heavy atom. The molecule has 0 spiro atoms. The van der Waals surface area contributed by atoms with Crippen LogP contribution in [0.1, 0.15) is 39.7 Å². The minimum Gasteiger partial charge on any atom is -0.355 e. The normalized spacial score (nSPS) is 16.3. The van der Waals surface area contributed by atoms with Gasteiger partial charge in [-0.15, -0.1) is 11.3 Å². The van der Waals surface area contributed by atoms with E-state index in [1.54, 1.807) is 19.2 Å². The third-order valence-electron chi connectivity index (χ3n) is 4.52. The van der Waals surface area contributed by atoms with Gasteiger partial charge >= 0.3 is 0 Å². The van der Waals surface area contributed by atoms with Crippen LogP contribution in [-0.4, -0.2) is 18.9 Å². The Morgan fingerprint density at radius 1 is 1.31 bits per heavy atom. The van der Waals surface area contributed by atoms with E-state index in [0.29, 0.717) is 21.5 Å². The molecule has 4 nitrogen and oxygen atoms in total. The highest BCUT2D eigenvalue weighted by molar-refractivity contribution is 7.17. The Labute approximate surface area is 162 Å². The number of nitrogens with one attached hydrogen (secondary N) is 2. The maximum absolute atomic E-state index is 12.4. The maximum Gasteiger partial charge on any atom is 0.254 e. The molecule has 6 heteroatoms. The van der Waals surface area contributed by atoms with Gasteiger partial charge in [-0.05, 0) is 48.4 Å². The van der Waals surface area contributed by atoms with Crippen LogP contribution in [0.15, 0.2) is 30.3 Å². The molecule has 0 radical (unpaired) electrons. The van der Waals surface area contributed by atoms with Gasteiger partial charge in [0.2, 0.25) is 5.91 Å². The number of benzene rings is 1. The summed E-state index contributed by atoms with van der Waals surface area (Å²) < 4.78 is 0. The van der Waals surface area contributed by atoms with E-state index in [1.165, 1.54) is 22.3 Å². The summed E-state index contributed by atoms with van der Waals surface area (Å²) >= 11 is 7.61. The zero-order valence-corrected chi connectivity index (χ0v) is 16.3. The van der Waals surface area contributed by atoms with Crippen molar-refractivity contribution < 1.29 is 9.59 Å². The first-order chi connectivity index (χ1) is 12.5. The number of rotatable bonds is 4. The zero-order valence-electron chi connectivity index (χ0n) is 14.8. The number of carbonyl (C=O) groups excluding carboxylic acids is 2. The molecule has 1 aromatic heterocycles. The van der Waals surface area contributed by atoms with Crippen molar-refractivity contribution in [2.75, 3.05) is 12.4 Å². The zero-order chi connectivity index (χ0) is 18.7. The number of hydrogen-bond acceptors (Lipinski definition) is 3. The van der Waals surface area contributed by atoms with Gasteiger partial charge in [-0.1, -0.05) is 36.7 Å². The Hall–Kier alpha value is -2.11. The molecule has 2 aromatic rings. The quantitative estimate of drug-likeness (QED) is 0.755. The van der Waals surface area contributed by atoms with Gasteiger partial charge in [0.1, 0.15) is 5.00 Å². The van der Waals surface area contributed by atoms with Gasteiger partial charge in [0, 0.05) is 23.0 Å². The van der Waals surface area contributed by atoms with Crippen molar-refractivity contribution in [3.05, 3.63) is 56.9 Å². The average molecular weight is 389 g/mol. The number of thiophene rings is 1. The Morgan fingerprint density at radius 3 is 2.81 bits per heavy atom. The fourth-order valence-corrected chi connectivity index (χ4v) is 4.74. The van der Waals surface area contributed by atoms with Crippen LogP contribution in [0.5, 0.6) is 0 Å². The van der Waals surface area contributed by atoms with E-state index in [1.807, 2.05) is 18.2 Å². The van der Waals surface area contributed by atoms with Gasteiger partial charge < -0.3 is 10.6 Å². The first-order valence-electron chi connectivity index (χ1n) is 8.59. The molecular weight excluding hydrogens is 368 g/mol. The van der Waals surface area contributed by atoms with Gasteiger partial charge in [-0.3, -0.25) is 9.59 Å². The molecule has 26 heavy (non-hydrogen) atoms. The van der Waals surface area contributed by atoms with E-state index < -0.39 is 0 Å². The molecule has 0 saturated heterocycles. The molecule has 3 rings (SSSR count). The second kappa shape index (κ2) is 8.06. The lowest BCUT2D eigenvalue weighted by Gasteiger charge is -2.18. The number of carbonyl (C=O) groups is 2. The summed E-state index contributed by atoms with van der Waals surface area (Å²) in [6.45, 7) is 2.22. The molecule has 1 heterocycles. The van der Waals surface area contributed by atoms with Crippen molar-refractivity contribution in [3.8, 4) is 0 Å². The lowest BCUT2D eigenvalue weighted by Crippen LogP contribution is -2.22. The van der Waals surface area contributed by atoms with Crippen molar-refractivity contribution in [1.82, 2.24) is 5.32 Å². The number of hydrogen-bond donors (Lipinski definition) is 2. The minimum absolute atomic E-state index is 0.151. The Bertz CT molecular complexity index is 873. The summed E-state index contributed by atoms with van der Waals surface area (Å²) in [7, 11) is 1.61. The summed E-state index contributed by atoms with van der Waals surface area (Å²) in [5.74, 6) is 0.173. The van der Waals surface area contributed by atoms with E-state index in [9.17, 15) is 9.59 Å². The molecule has 0 aliphatic heterocycles. The number of amides is 2. The molecule has 0 unspecified atom stereocenters.